The van der Waals surface area contributed by atoms with Gasteiger partial charge < -0.3 is 10.0 Å². The van der Waals surface area contributed by atoms with Crippen molar-refractivity contribution in [1.29, 1.82) is 0 Å². The summed E-state index contributed by atoms with van der Waals surface area (Å²) in [6, 6.07) is 4.54. The summed E-state index contributed by atoms with van der Waals surface area (Å²) in [5.41, 5.74) is 1.51. The summed E-state index contributed by atoms with van der Waals surface area (Å²) < 4.78 is 15.1. The van der Waals surface area contributed by atoms with Gasteiger partial charge in [0.1, 0.15) is 5.82 Å². The molecular weight excluding hydrogens is 263 g/mol. The Morgan fingerprint density at radius 2 is 2.10 bits per heavy atom. The second-order valence-corrected chi connectivity index (χ2v) is 4.99. The van der Waals surface area contributed by atoms with Gasteiger partial charge in [-0.3, -0.25) is 9.36 Å². The molecule has 0 radical (unpaired) electrons. The highest BCUT2D eigenvalue weighted by Gasteiger charge is 2.29. The third-order valence-corrected chi connectivity index (χ3v) is 3.70. The van der Waals surface area contributed by atoms with Crippen molar-refractivity contribution in [3.63, 3.8) is 0 Å². The van der Waals surface area contributed by atoms with Gasteiger partial charge in [-0.25, -0.2) is 9.18 Å². The van der Waals surface area contributed by atoms with Crippen LogP contribution in [0.3, 0.4) is 0 Å². The van der Waals surface area contributed by atoms with E-state index in [2.05, 4.69) is 0 Å². The number of hydrogen-bond donors (Lipinski definition) is 1. The number of likely N-dealkylation sites (N-methyl/N-ethyl adjacent to an activating group) is 1. The lowest BCUT2D eigenvalue weighted by Gasteiger charge is -2.23. The molecule has 6 heteroatoms. The highest BCUT2D eigenvalue weighted by atomic mass is 19.1. The van der Waals surface area contributed by atoms with Crippen LogP contribution in [0.1, 0.15) is 16.1 Å². The fraction of sp³-hybridized carbons (Fsp3) is 0.286. The van der Waals surface area contributed by atoms with E-state index in [-0.39, 0.29) is 5.52 Å². The molecule has 1 N–H and O–H groups in total. The van der Waals surface area contributed by atoms with Crippen molar-refractivity contribution in [2.45, 2.75) is 13.0 Å². The number of carbonyl (C=O) groups is 2. The Balaban J connectivity index is 2.39. The number of para-hydroxylation sites is 1. The molecule has 0 saturated heterocycles. The Morgan fingerprint density at radius 3 is 2.80 bits per heavy atom. The molecule has 2 heterocycles. The molecule has 1 aromatic heterocycles. The van der Waals surface area contributed by atoms with Gasteiger partial charge in [0.05, 0.1) is 5.52 Å². The smallest absolute Gasteiger partial charge is 0.395 e. The summed E-state index contributed by atoms with van der Waals surface area (Å²) in [6.07, 6.45) is 0.672. The van der Waals surface area contributed by atoms with Crippen LogP contribution in [0, 0.1) is 5.82 Å². The van der Waals surface area contributed by atoms with Crippen molar-refractivity contribution in [2.24, 2.45) is 0 Å². The van der Waals surface area contributed by atoms with Crippen molar-refractivity contribution in [2.75, 3.05) is 13.6 Å². The van der Waals surface area contributed by atoms with Crippen LogP contribution in [0.2, 0.25) is 0 Å². The number of carbonyl (C=O) groups excluding carboxylic acids is 1. The SMILES string of the molecule is CN1CCc2c(n(C(=O)C(=O)O)c3c(F)cccc23)C1. The minimum Gasteiger partial charge on any atom is -0.474 e. The Kier molecular flexibility index (Phi) is 2.83. The summed E-state index contributed by atoms with van der Waals surface area (Å²) >= 11 is 0. The third kappa shape index (κ3) is 1.72. The molecule has 0 aliphatic carbocycles. The summed E-state index contributed by atoms with van der Waals surface area (Å²) in [7, 11) is 1.88. The minimum absolute atomic E-state index is 0.0696. The molecule has 20 heavy (non-hydrogen) atoms. The van der Waals surface area contributed by atoms with E-state index >= 15 is 0 Å². The van der Waals surface area contributed by atoms with Crippen molar-refractivity contribution >= 4 is 22.8 Å². The molecule has 1 aliphatic heterocycles. The zero-order valence-corrected chi connectivity index (χ0v) is 10.9. The molecule has 2 aromatic rings. The van der Waals surface area contributed by atoms with Gasteiger partial charge in [-0.05, 0) is 25.1 Å². The van der Waals surface area contributed by atoms with Crippen molar-refractivity contribution in [3.05, 3.63) is 35.3 Å². The summed E-state index contributed by atoms with van der Waals surface area (Å²) in [5.74, 6) is -3.27. The van der Waals surface area contributed by atoms with Crippen LogP contribution in [-0.2, 0) is 17.8 Å². The summed E-state index contributed by atoms with van der Waals surface area (Å²) in [4.78, 5) is 24.9. The second-order valence-electron chi connectivity index (χ2n) is 4.99. The zero-order valence-electron chi connectivity index (χ0n) is 10.9. The molecule has 1 aliphatic rings. The molecule has 1 aromatic carbocycles. The maximum absolute atomic E-state index is 14.1. The molecule has 104 valence electrons. The Bertz CT molecular complexity index is 736. The minimum atomic E-state index is -1.58. The molecule has 0 fully saturated rings. The van der Waals surface area contributed by atoms with E-state index in [1.54, 1.807) is 12.1 Å². The second kappa shape index (κ2) is 4.42. The van der Waals surface area contributed by atoms with Crippen molar-refractivity contribution in [1.82, 2.24) is 9.47 Å². The van der Waals surface area contributed by atoms with Crippen LogP contribution >= 0.6 is 0 Å². The van der Waals surface area contributed by atoms with E-state index in [0.717, 1.165) is 16.7 Å². The van der Waals surface area contributed by atoms with Gasteiger partial charge in [-0.2, -0.15) is 0 Å². The lowest BCUT2D eigenvalue weighted by molar-refractivity contribution is -0.132. The van der Waals surface area contributed by atoms with E-state index in [0.29, 0.717) is 24.0 Å². The van der Waals surface area contributed by atoms with Gasteiger partial charge in [0.2, 0.25) is 0 Å². The number of fused-ring (bicyclic) bond motifs is 3. The molecule has 0 spiro atoms. The first-order valence-corrected chi connectivity index (χ1v) is 6.27. The van der Waals surface area contributed by atoms with Gasteiger partial charge in [-0.1, -0.05) is 12.1 Å². The number of carboxylic acid groups (broad SMARTS) is 1. The predicted molar refractivity (Wildman–Crippen MR) is 70.2 cm³/mol. The Hall–Kier alpha value is -2.21. The number of aromatic nitrogens is 1. The molecule has 0 saturated carbocycles. The summed E-state index contributed by atoms with van der Waals surface area (Å²) in [5, 5.41) is 9.59. The van der Waals surface area contributed by atoms with Crippen molar-refractivity contribution in [3.8, 4) is 0 Å². The van der Waals surface area contributed by atoms with Crippen LogP contribution in [0.4, 0.5) is 4.39 Å². The molecule has 0 atom stereocenters. The molecule has 0 unspecified atom stereocenters. The number of benzene rings is 1. The summed E-state index contributed by atoms with van der Waals surface area (Å²) in [6.45, 7) is 1.23. The fourth-order valence-corrected chi connectivity index (χ4v) is 2.81. The molecular formula is C14H13FN2O3. The Morgan fingerprint density at radius 1 is 1.35 bits per heavy atom. The van der Waals surface area contributed by atoms with Gasteiger partial charge >= 0.3 is 11.9 Å². The first-order valence-electron chi connectivity index (χ1n) is 6.27. The van der Waals surface area contributed by atoms with E-state index in [1.165, 1.54) is 6.07 Å². The topological polar surface area (TPSA) is 62.5 Å². The third-order valence-electron chi connectivity index (χ3n) is 3.70. The average molecular weight is 276 g/mol. The maximum atomic E-state index is 14.1. The number of aliphatic carboxylic acids is 1. The average Bonchev–Trinajstić information content (AvgIpc) is 2.72. The van der Waals surface area contributed by atoms with Crippen LogP contribution in [0.15, 0.2) is 18.2 Å². The largest absolute Gasteiger partial charge is 0.474 e. The fourth-order valence-electron chi connectivity index (χ4n) is 2.81. The monoisotopic (exact) mass is 276 g/mol. The molecule has 0 amide bonds. The number of rotatable bonds is 0. The predicted octanol–water partition coefficient (Wildman–Crippen LogP) is 1.49. The van der Waals surface area contributed by atoms with Gasteiger partial charge in [0.15, 0.2) is 0 Å². The number of hydrogen-bond acceptors (Lipinski definition) is 3. The molecule has 0 bridgehead atoms. The van der Waals surface area contributed by atoms with Gasteiger partial charge in [0, 0.05) is 24.2 Å². The van der Waals surface area contributed by atoms with E-state index in [1.807, 2.05) is 11.9 Å². The van der Waals surface area contributed by atoms with Crippen LogP contribution in [0.5, 0.6) is 0 Å². The van der Waals surface area contributed by atoms with E-state index < -0.39 is 17.7 Å². The van der Waals surface area contributed by atoms with E-state index in [4.69, 9.17) is 5.11 Å². The van der Waals surface area contributed by atoms with Crippen LogP contribution < -0.4 is 0 Å². The molecule has 5 nitrogen and oxygen atoms in total. The lowest BCUT2D eigenvalue weighted by Crippen LogP contribution is -2.31. The van der Waals surface area contributed by atoms with Gasteiger partial charge in [-0.15, -0.1) is 0 Å². The zero-order chi connectivity index (χ0) is 14.4. The van der Waals surface area contributed by atoms with Crippen LogP contribution in [-0.4, -0.2) is 40.0 Å². The normalized spacial score (nSPS) is 15.3. The Labute approximate surface area is 114 Å². The lowest BCUT2D eigenvalue weighted by atomic mass is 10.0. The highest BCUT2D eigenvalue weighted by molar-refractivity contribution is 6.34. The first kappa shape index (κ1) is 12.8. The first-order chi connectivity index (χ1) is 9.50. The van der Waals surface area contributed by atoms with Crippen molar-refractivity contribution < 1.29 is 19.1 Å². The van der Waals surface area contributed by atoms with Gasteiger partial charge in [0.25, 0.3) is 0 Å². The number of carboxylic acids is 1. The van der Waals surface area contributed by atoms with Crippen LogP contribution in [0.25, 0.3) is 10.9 Å². The molecule has 3 rings (SSSR count). The number of nitrogens with zero attached hydrogens (tertiary/aromatic N) is 2. The highest BCUT2D eigenvalue weighted by Crippen LogP contribution is 2.31. The number of halogens is 1. The standard InChI is InChI=1S/C14H13FN2O3/c1-16-6-5-8-9-3-2-4-10(15)12(9)17(11(8)7-16)13(18)14(19)20/h2-4H,5-7H2,1H3,(H,19,20). The maximum Gasteiger partial charge on any atom is 0.395 e. The van der Waals surface area contributed by atoms with E-state index in [9.17, 15) is 14.0 Å². The quantitative estimate of drug-likeness (QED) is 0.741.